The second-order valence-electron chi connectivity index (χ2n) is 5.89. The van der Waals surface area contributed by atoms with Gasteiger partial charge in [0.25, 0.3) is 0 Å². The molecule has 0 radical (unpaired) electrons. The summed E-state index contributed by atoms with van der Waals surface area (Å²) in [5.41, 5.74) is 4.61. The average molecular weight is 230 g/mol. The van der Waals surface area contributed by atoms with E-state index in [2.05, 4.69) is 42.4 Å². The van der Waals surface area contributed by atoms with Crippen molar-refractivity contribution >= 4 is 11.4 Å². The molecule has 2 heteroatoms. The summed E-state index contributed by atoms with van der Waals surface area (Å²) in [6.07, 6.45) is 5.59. The molecular formula is C15H22N2. The van der Waals surface area contributed by atoms with Gasteiger partial charge in [0.15, 0.2) is 0 Å². The average Bonchev–Trinajstić information content (AvgIpc) is 2.69. The summed E-state index contributed by atoms with van der Waals surface area (Å²) < 4.78 is 0. The molecule has 92 valence electrons. The molecule has 1 aromatic rings. The van der Waals surface area contributed by atoms with E-state index < -0.39 is 0 Å². The van der Waals surface area contributed by atoms with Crippen LogP contribution in [0.15, 0.2) is 18.2 Å². The van der Waals surface area contributed by atoms with Crippen LogP contribution in [0.4, 0.5) is 11.4 Å². The van der Waals surface area contributed by atoms with Crippen molar-refractivity contribution in [1.29, 1.82) is 0 Å². The van der Waals surface area contributed by atoms with Crippen LogP contribution in [-0.4, -0.2) is 20.1 Å². The number of fused-ring (bicyclic) bond motifs is 1. The normalized spacial score (nSPS) is 22.1. The topological polar surface area (TPSA) is 15.3 Å². The van der Waals surface area contributed by atoms with E-state index in [0.29, 0.717) is 5.41 Å². The van der Waals surface area contributed by atoms with E-state index in [1.165, 1.54) is 49.2 Å². The van der Waals surface area contributed by atoms with Gasteiger partial charge in [0.2, 0.25) is 0 Å². The van der Waals surface area contributed by atoms with E-state index in [0.717, 1.165) is 6.54 Å². The van der Waals surface area contributed by atoms with Crippen LogP contribution in [0, 0.1) is 12.3 Å². The van der Waals surface area contributed by atoms with Gasteiger partial charge in [0, 0.05) is 25.6 Å². The van der Waals surface area contributed by atoms with Crippen molar-refractivity contribution in [2.45, 2.75) is 32.6 Å². The number of nitrogens with zero attached hydrogens (tertiary/aromatic N) is 1. The number of rotatable bonds is 0. The van der Waals surface area contributed by atoms with E-state index in [1.54, 1.807) is 0 Å². The first-order chi connectivity index (χ1) is 8.20. The maximum Gasteiger partial charge on any atom is 0.0629 e. The van der Waals surface area contributed by atoms with E-state index >= 15 is 0 Å². The molecule has 1 aliphatic heterocycles. The number of nitrogens with one attached hydrogen (secondary N) is 1. The summed E-state index contributed by atoms with van der Waals surface area (Å²) in [7, 11) is 2.25. The molecule has 1 fully saturated rings. The number of anilines is 2. The van der Waals surface area contributed by atoms with Crippen molar-refractivity contribution in [1.82, 2.24) is 0 Å². The van der Waals surface area contributed by atoms with Crippen molar-refractivity contribution in [3.63, 3.8) is 0 Å². The van der Waals surface area contributed by atoms with Crippen LogP contribution in [-0.2, 0) is 0 Å². The number of aryl methyl sites for hydroxylation is 1. The van der Waals surface area contributed by atoms with Gasteiger partial charge in [-0.05, 0) is 31.4 Å². The van der Waals surface area contributed by atoms with Gasteiger partial charge >= 0.3 is 0 Å². The lowest BCUT2D eigenvalue weighted by molar-refractivity contribution is 0.330. The third-order valence-electron chi connectivity index (χ3n) is 4.51. The minimum atomic E-state index is 0.514. The largest absolute Gasteiger partial charge is 0.383 e. The van der Waals surface area contributed by atoms with Crippen molar-refractivity contribution < 1.29 is 0 Å². The maximum atomic E-state index is 3.69. The fourth-order valence-corrected chi connectivity index (χ4v) is 3.69. The van der Waals surface area contributed by atoms with Crippen molar-refractivity contribution in [3.05, 3.63) is 23.8 Å². The summed E-state index contributed by atoms with van der Waals surface area (Å²) in [5.74, 6) is 0. The van der Waals surface area contributed by atoms with Crippen LogP contribution < -0.4 is 10.2 Å². The Hall–Kier alpha value is -1.18. The Morgan fingerprint density at radius 3 is 2.76 bits per heavy atom. The SMILES string of the molecule is Cc1cccc2c1N(C)CC1(CCCC1)CN2. The molecule has 1 aromatic carbocycles. The summed E-state index contributed by atoms with van der Waals surface area (Å²) >= 11 is 0. The van der Waals surface area contributed by atoms with Crippen LogP contribution in [0.3, 0.4) is 0 Å². The summed E-state index contributed by atoms with van der Waals surface area (Å²) in [6.45, 7) is 4.56. The quantitative estimate of drug-likeness (QED) is 0.734. The Labute approximate surface area is 104 Å². The van der Waals surface area contributed by atoms with Crippen LogP contribution in [0.1, 0.15) is 31.2 Å². The van der Waals surface area contributed by atoms with Crippen molar-refractivity contribution in [2.75, 3.05) is 30.4 Å². The highest BCUT2D eigenvalue weighted by atomic mass is 15.2. The Kier molecular flexibility index (Phi) is 2.53. The van der Waals surface area contributed by atoms with Gasteiger partial charge in [-0.1, -0.05) is 25.0 Å². The summed E-state index contributed by atoms with van der Waals surface area (Å²) in [5, 5.41) is 3.69. The van der Waals surface area contributed by atoms with E-state index in [4.69, 9.17) is 0 Å². The molecule has 1 N–H and O–H groups in total. The predicted octanol–water partition coefficient (Wildman–Crippen LogP) is 3.42. The van der Waals surface area contributed by atoms with E-state index in [-0.39, 0.29) is 0 Å². The van der Waals surface area contributed by atoms with Gasteiger partial charge in [-0.3, -0.25) is 0 Å². The van der Waals surface area contributed by atoms with Gasteiger partial charge in [0.1, 0.15) is 0 Å². The molecule has 0 aromatic heterocycles. The highest BCUT2D eigenvalue weighted by Gasteiger charge is 2.37. The summed E-state index contributed by atoms with van der Waals surface area (Å²) in [4.78, 5) is 2.47. The van der Waals surface area contributed by atoms with Crippen LogP contribution in [0.2, 0.25) is 0 Å². The zero-order chi connectivity index (χ0) is 11.9. The number of para-hydroxylation sites is 1. The number of benzene rings is 1. The zero-order valence-electron chi connectivity index (χ0n) is 10.9. The van der Waals surface area contributed by atoms with Crippen LogP contribution in [0.25, 0.3) is 0 Å². The minimum Gasteiger partial charge on any atom is -0.383 e. The molecule has 17 heavy (non-hydrogen) atoms. The maximum absolute atomic E-state index is 3.69. The lowest BCUT2D eigenvalue weighted by Crippen LogP contribution is -2.36. The van der Waals surface area contributed by atoms with Crippen LogP contribution in [0.5, 0.6) is 0 Å². The number of hydrogen-bond acceptors (Lipinski definition) is 2. The zero-order valence-corrected chi connectivity index (χ0v) is 10.9. The molecule has 3 rings (SSSR count). The molecule has 2 aliphatic rings. The first-order valence-electron chi connectivity index (χ1n) is 6.75. The minimum absolute atomic E-state index is 0.514. The molecule has 1 saturated carbocycles. The van der Waals surface area contributed by atoms with Crippen LogP contribution >= 0.6 is 0 Å². The summed E-state index contributed by atoms with van der Waals surface area (Å²) in [6, 6.07) is 6.58. The lowest BCUT2D eigenvalue weighted by atomic mass is 9.86. The molecule has 0 amide bonds. The first kappa shape index (κ1) is 10.9. The smallest absolute Gasteiger partial charge is 0.0629 e. The lowest BCUT2D eigenvalue weighted by Gasteiger charge is -2.31. The van der Waals surface area contributed by atoms with Crippen molar-refractivity contribution in [2.24, 2.45) is 5.41 Å². The van der Waals surface area contributed by atoms with Gasteiger partial charge in [-0.15, -0.1) is 0 Å². The second-order valence-corrected chi connectivity index (χ2v) is 5.89. The van der Waals surface area contributed by atoms with Gasteiger partial charge in [-0.2, -0.15) is 0 Å². The fourth-order valence-electron chi connectivity index (χ4n) is 3.69. The molecule has 1 aliphatic carbocycles. The molecule has 1 spiro atoms. The third kappa shape index (κ3) is 1.80. The Bertz CT molecular complexity index is 419. The molecule has 0 unspecified atom stereocenters. The van der Waals surface area contributed by atoms with E-state index in [9.17, 15) is 0 Å². The number of hydrogen-bond donors (Lipinski definition) is 1. The van der Waals surface area contributed by atoms with Gasteiger partial charge in [0.05, 0.1) is 11.4 Å². The monoisotopic (exact) mass is 230 g/mol. The predicted molar refractivity (Wildman–Crippen MR) is 73.8 cm³/mol. The van der Waals surface area contributed by atoms with Gasteiger partial charge in [-0.25, -0.2) is 0 Å². The Morgan fingerprint density at radius 1 is 1.24 bits per heavy atom. The molecule has 1 heterocycles. The molecular weight excluding hydrogens is 208 g/mol. The highest BCUT2D eigenvalue weighted by molar-refractivity contribution is 5.74. The highest BCUT2D eigenvalue weighted by Crippen LogP contribution is 2.43. The Morgan fingerprint density at radius 2 is 2.00 bits per heavy atom. The molecule has 0 atom stereocenters. The first-order valence-corrected chi connectivity index (χ1v) is 6.75. The standard InChI is InChI=1S/C15H22N2/c1-12-6-5-7-13-14(12)17(2)11-15(10-16-13)8-3-4-9-15/h5-7,16H,3-4,8-11H2,1-2H3. The van der Waals surface area contributed by atoms with Crippen molar-refractivity contribution in [3.8, 4) is 0 Å². The second kappa shape index (κ2) is 3.94. The van der Waals surface area contributed by atoms with Gasteiger partial charge < -0.3 is 10.2 Å². The molecule has 0 bridgehead atoms. The molecule has 0 saturated heterocycles. The Balaban J connectivity index is 1.97. The fraction of sp³-hybridized carbons (Fsp3) is 0.600. The van der Waals surface area contributed by atoms with E-state index in [1.807, 2.05) is 0 Å². The molecule has 2 nitrogen and oxygen atoms in total. The third-order valence-corrected chi connectivity index (χ3v) is 4.51.